The lowest BCUT2D eigenvalue weighted by Crippen LogP contribution is -2.16. The number of rotatable bonds is 6. The van der Waals surface area contributed by atoms with Gasteiger partial charge < -0.3 is 14.8 Å². The molecule has 0 atom stereocenters. The molecule has 0 saturated heterocycles. The Morgan fingerprint density at radius 2 is 2.05 bits per heavy atom. The van der Waals surface area contributed by atoms with E-state index in [0.717, 1.165) is 34.8 Å². The van der Waals surface area contributed by atoms with Crippen LogP contribution < -0.4 is 14.8 Å². The molecule has 6 heteroatoms. The van der Waals surface area contributed by atoms with Crippen molar-refractivity contribution in [2.75, 3.05) is 25.5 Å². The van der Waals surface area contributed by atoms with Crippen molar-refractivity contribution in [1.82, 2.24) is 5.32 Å². The Morgan fingerprint density at radius 3 is 2.86 bits per heavy atom. The average molecular weight is 386 g/mol. The maximum absolute atomic E-state index is 5.59. The molecule has 1 N–H and O–H groups in total. The first-order valence-corrected chi connectivity index (χ1v) is 9.43. The molecule has 0 amide bonds. The van der Waals surface area contributed by atoms with Crippen LogP contribution in [-0.4, -0.2) is 25.5 Å². The van der Waals surface area contributed by atoms with Crippen LogP contribution in [0.3, 0.4) is 0 Å². The van der Waals surface area contributed by atoms with Gasteiger partial charge in [-0.15, -0.1) is 23.1 Å². The zero-order valence-electron chi connectivity index (χ0n) is 11.4. The minimum absolute atomic E-state index is 0.638. The van der Waals surface area contributed by atoms with Crippen LogP contribution in [0.5, 0.6) is 11.5 Å². The summed E-state index contributed by atoms with van der Waals surface area (Å²) in [5, 5.41) is 5.57. The van der Waals surface area contributed by atoms with E-state index in [2.05, 4.69) is 44.8 Å². The predicted octanol–water partition coefficient (Wildman–Crippen LogP) is 4.16. The molecule has 2 heterocycles. The number of fused-ring (bicyclic) bond motifs is 1. The predicted molar refractivity (Wildman–Crippen MR) is 91.9 cm³/mol. The summed E-state index contributed by atoms with van der Waals surface area (Å²) in [4.78, 5) is 2.58. The van der Waals surface area contributed by atoms with Crippen molar-refractivity contribution in [3.05, 3.63) is 39.0 Å². The van der Waals surface area contributed by atoms with Gasteiger partial charge in [0.2, 0.25) is 0 Å². The first-order valence-electron chi connectivity index (χ1n) is 6.77. The second-order valence-corrected chi connectivity index (χ2v) is 7.64. The smallest absolute Gasteiger partial charge is 0.162 e. The Bertz CT molecular complexity index is 603. The number of hydrogen-bond donors (Lipinski definition) is 1. The van der Waals surface area contributed by atoms with Crippen LogP contribution in [0.4, 0.5) is 0 Å². The SMILES string of the molecule is Brc1csc(CNCCSc2ccc3c(c2)OCCO3)c1. The standard InChI is InChI=1S/C15H16BrNO2S2/c16-11-7-13(21-10-11)9-17-3-6-20-12-1-2-14-15(8-12)19-5-4-18-14/h1-2,7-8,10,17H,3-6,9H2. The maximum atomic E-state index is 5.59. The summed E-state index contributed by atoms with van der Waals surface area (Å²) in [5.74, 6) is 2.75. The van der Waals surface area contributed by atoms with E-state index >= 15 is 0 Å². The molecule has 0 unspecified atom stereocenters. The van der Waals surface area contributed by atoms with Gasteiger partial charge in [-0.25, -0.2) is 0 Å². The zero-order valence-corrected chi connectivity index (χ0v) is 14.7. The van der Waals surface area contributed by atoms with Crippen LogP contribution in [0.25, 0.3) is 0 Å². The first-order chi connectivity index (χ1) is 10.3. The quantitative estimate of drug-likeness (QED) is 0.597. The van der Waals surface area contributed by atoms with Crippen LogP contribution in [-0.2, 0) is 6.54 Å². The molecule has 1 aromatic carbocycles. The van der Waals surface area contributed by atoms with E-state index in [-0.39, 0.29) is 0 Å². The molecule has 0 aliphatic carbocycles. The second kappa shape index (κ2) is 7.54. The van der Waals surface area contributed by atoms with E-state index in [0.29, 0.717) is 13.2 Å². The summed E-state index contributed by atoms with van der Waals surface area (Å²) >= 11 is 7.07. The highest BCUT2D eigenvalue weighted by atomic mass is 79.9. The van der Waals surface area contributed by atoms with Crippen LogP contribution in [0.15, 0.2) is 39.0 Å². The van der Waals surface area contributed by atoms with Gasteiger partial charge in [0.15, 0.2) is 11.5 Å². The van der Waals surface area contributed by atoms with Crippen LogP contribution in [0.1, 0.15) is 4.88 Å². The van der Waals surface area contributed by atoms with Crippen molar-refractivity contribution in [2.24, 2.45) is 0 Å². The van der Waals surface area contributed by atoms with E-state index in [1.807, 2.05) is 17.8 Å². The van der Waals surface area contributed by atoms with Crippen molar-refractivity contribution >= 4 is 39.0 Å². The fourth-order valence-electron chi connectivity index (χ4n) is 2.01. The third-order valence-corrected chi connectivity index (χ3v) is 5.68. The minimum Gasteiger partial charge on any atom is -0.486 e. The Labute approximate surface area is 141 Å². The molecule has 112 valence electrons. The maximum Gasteiger partial charge on any atom is 0.162 e. The highest BCUT2D eigenvalue weighted by Crippen LogP contribution is 2.34. The molecule has 0 spiro atoms. The number of nitrogens with one attached hydrogen (secondary N) is 1. The van der Waals surface area contributed by atoms with E-state index in [1.165, 1.54) is 9.77 Å². The number of halogens is 1. The van der Waals surface area contributed by atoms with Crippen molar-refractivity contribution in [2.45, 2.75) is 11.4 Å². The Hall–Kier alpha value is -0.690. The highest BCUT2D eigenvalue weighted by Gasteiger charge is 2.11. The molecule has 1 aliphatic heterocycles. The molecule has 1 aromatic heterocycles. The molecule has 3 rings (SSSR count). The van der Waals surface area contributed by atoms with E-state index in [1.54, 1.807) is 11.3 Å². The molecule has 0 saturated carbocycles. The Kier molecular flexibility index (Phi) is 5.46. The number of thioether (sulfide) groups is 1. The third-order valence-electron chi connectivity index (χ3n) is 2.98. The summed E-state index contributed by atoms with van der Waals surface area (Å²) in [7, 11) is 0. The monoisotopic (exact) mass is 385 g/mol. The van der Waals surface area contributed by atoms with E-state index in [9.17, 15) is 0 Å². The number of thiophene rings is 1. The van der Waals surface area contributed by atoms with Gasteiger partial charge in [0.05, 0.1) is 0 Å². The van der Waals surface area contributed by atoms with Crippen molar-refractivity contribution in [3.63, 3.8) is 0 Å². The topological polar surface area (TPSA) is 30.5 Å². The number of hydrogen-bond acceptors (Lipinski definition) is 5. The average Bonchev–Trinajstić information content (AvgIpc) is 2.92. The molecule has 0 bridgehead atoms. The molecule has 0 radical (unpaired) electrons. The molecule has 21 heavy (non-hydrogen) atoms. The molecular weight excluding hydrogens is 370 g/mol. The van der Waals surface area contributed by atoms with Gasteiger partial charge in [0, 0.05) is 38.5 Å². The van der Waals surface area contributed by atoms with Crippen LogP contribution in [0.2, 0.25) is 0 Å². The second-order valence-electron chi connectivity index (χ2n) is 4.56. The first kappa shape index (κ1) is 15.2. The van der Waals surface area contributed by atoms with Crippen molar-refractivity contribution in [3.8, 4) is 11.5 Å². The molecular formula is C15H16BrNO2S2. The number of benzene rings is 1. The van der Waals surface area contributed by atoms with Crippen molar-refractivity contribution in [1.29, 1.82) is 0 Å². The van der Waals surface area contributed by atoms with Gasteiger partial charge in [-0.2, -0.15) is 0 Å². The van der Waals surface area contributed by atoms with Gasteiger partial charge in [0.1, 0.15) is 13.2 Å². The highest BCUT2D eigenvalue weighted by molar-refractivity contribution is 9.10. The summed E-state index contributed by atoms with van der Waals surface area (Å²) in [6.07, 6.45) is 0. The van der Waals surface area contributed by atoms with Gasteiger partial charge in [-0.3, -0.25) is 0 Å². The summed E-state index contributed by atoms with van der Waals surface area (Å²) in [5.41, 5.74) is 0. The van der Waals surface area contributed by atoms with E-state index in [4.69, 9.17) is 9.47 Å². The van der Waals surface area contributed by atoms with Gasteiger partial charge in [-0.05, 0) is 40.2 Å². The molecule has 3 nitrogen and oxygen atoms in total. The summed E-state index contributed by atoms with van der Waals surface area (Å²) < 4.78 is 12.3. The lowest BCUT2D eigenvalue weighted by molar-refractivity contribution is 0.171. The Morgan fingerprint density at radius 1 is 1.19 bits per heavy atom. The van der Waals surface area contributed by atoms with E-state index < -0.39 is 0 Å². The fourth-order valence-corrected chi connectivity index (χ4v) is 4.27. The van der Waals surface area contributed by atoms with Gasteiger partial charge >= 0.3 is 0 Å². The fraction of sp³-hybridized carbons (Fsp3) is 0.333. The third kappa shape index (κ3) is 4.39. The molecule has 1 aliphatic rings. The molecule has 2 aromatic rings. The zero-order chi connectivity index (χ0) is 14.5. The summed E-state index contributed by atoms with van der Waals surface area (Å²) in [6.45, 7) is 3.19. The van der Waals surface area contributed by atoms with Crippen LogP contribution >= 0.6 is 39.0 Å². The lowest BCUT2D eigenvalue weighted by Gasteiger charge is -2.18. The Balaban J connectivity index is 1.41. The minimum atomic E-state index is 0.638. The number of ether oxygens (including phenoxy) is 2. The van der Waals surface area contributed by atoms with Crippen LogP contribution in [0, 0.1) is 0 Å². The normalized spacial score (nSPS) is 13.4. The largest absolute Gasteiger partial charge is 0.486 e. The summed E-state index contributed by atoms with van der Waals surface area (Å²) in [6, 6.07) is 8.31. The van der Waals surface area contributed by atoms with Gasteiger partial charge in [-0.1, -0.05) is 0 Å². The lowest BCUT2D eigenvalue weighted by atomic mass is 10.3. The van der Waals surface area contributed by atoms with Gasteiger partial charge in [0.25, 0.3) is 0 Å². The molecule has 0 fully saturated rings. The van der Waals surface area contributed by atoms with Crippen molar-refractivity contribution < 1.29 is 9.47 Å².